The number of hydrogen-bond donors (Lipinski definition) is 1. The van der Waals surface area contributed by atoms with Crippen molar-refractivity contribution in [1.82, 2.24) is 4.98 Å². The molecule has 1 aromatic carbocycles. The van der Waals surface area contributed by atoms with Gasteiger partial charge in [-0.2, -0.15) is 0 Å². The molecule has 0 spiro atoms. The van der Waals surface area contributed by atoms with Gasteiger partial charge in [0.25, 0.3) is 0 Å². The fraction of sp³-hybridized carbons (Fsp3) is 0.550. The van der Waals surface area contributed by atoms with E-state index < -0.39 is 0 Å². The molecule has 1 aliphatic carbocycles. The van der Waals surface area contributed by atoms with Crippen molar-refractivity contribution in [1.29, 1.82) is 0 Å². The van der Waals surface area contributed by atoms with Crippen LogP contribution in [0.15, 0.2) is 24.4 Å². The van der Waals surface area contributed by atoms with E-state index in [1.165, 1.54) is 56.9 Å². The predicted molar refractivity (Wildman–Crippen MR) is 94.2 cm³/mol. The molecule has 1 aliphatic rings. The van der Waals surface area contributed by atoms with Crippen LogP contribution in [-0.2, 0) is 5.41 Å². The average molecular weight is 313 g/mol. The first-order valence-electron chi connectivity index (χ1n) is 8.80. The minimum Gasteiger partial charge on any atom is -0.504 e. The molecule has 0 bridgehead atoms. The Morgan fingerprint density at radius 2 is 1.65 bits per heavy atom. The largest absolute Gasteiger partial charge is 0.504 e. The second-order valence-electron chi connectivity index (χ2n) is 7.12. The minimum absolute atomic E-state index is 0.147. The van der Waals surface area contributed by atoms with Gasteiger partial charge < -0.3 is 9.84 Å². The molecule has 1 saturated carbocycles. The highest BCUT2D eigenvalue weighted by Crippen LogP contribution is 2.38. The zero-order chi connectivity index (χ0) is 16.3. The van der Waals surface area contributed by atoms with Crippen molar-refractivity contribution in [2.45, 2.75) is 63.7 Å². The molecule has 1 aromatic heterocycles. The van der Waals surface area contributed by atoms with Gasteiger partial charge in [0.2, 0.25) is 0 Å². The number of aromatic nitrogens is 1. The Morgan fingerprint density at radius 1 is 1.00 bits per heavy atom. The molecule has 0 saturated heterocycles. The summed E-state index contributed by atoms with van der Waals surface area (Å²) >= 11 is 0. The van der Waals surface area contributed by atoms with Crippen LogP contribution in [0.1, 0.15) is 63.9 Å². The number of phenolic OH excluding ortho intramolecular Hbond substituents is 1. The first-order valence-corrected chi connectivity index (χ1v) is 8.80. The summed E-state index contributed by atoms with van der Waals surface area (Å²) in [5.41, 5.74) is 2.34. The molecular formula is C20H27NO2. The molecule has 0 amide bonds. The number of nitrogens with zero attached hydrogens (tertiary/aromatic N) is 1. The van der Waals surface area contributed by atoms with Gasteiger partial charge >= 0.3 is 0 Å². The van der Waals surface area contributed by atoms with Crippen LogP contribution < -0.4 is 4.74 Å². The van der Waals surface area contributed by atoms with Crippen molar-refractivity contribution < 1.29 is 9.84 Å². The van der Waals surface area contributed by atoms with Crippen LogP contribution >= 0.6 is 0 Å². The summed E-state index contributed by atoms with van der Waals surface area (Å²) in [5.74, 6) is 0.657. The number of ether oxygens (including phenoxy) is 1. The quantitative estimate of drug-likeness (QED) is 0.813. The highest BCUT2D eigenvalue weighted by Gasteiger charge is 2.27. The highest BCUT2D eigenvalue weighted by atomic mass is 16.5. The molecule has 0 unspecified atom stereocenters. The maximum Gasteiger partial charge on any atom is 0.161 e. The summed E-state index contributed by atoms with van der Waals surface area (Å²) in [5, 5.41) is 11.0. The molecule has 124 valence electrons. The number of aromatic hydroxyl groups is 1. The third-order valence-electron chi connectivity index (χ3n) is 5.39. The average Bonchev–Trinajstić information content (AvgIpc) is 2.66. The lowest BCUT2D eigenvalue weighted by molar-refractivity contribution is 0.374. The first-order chi connectivity index (χ1) is 11.1. The van der Waals surface area contributed by atoms with E-state index in [1.54, 1.807) is 13.2 Å². The zero-order valence-corrected chi connectivity index (χ0v) is 14.3. The van der Waals surface area contributed by atoms with E-state index in [9.17, 15) is 5.11 Å². The Balaban J connectivity index is 1.98. The van der Waals surface area contributed by atoms with E-state index in [2.05, 4.69) is 18.0 Å². The van der Waals surface area contributed by atoms with E-state index in [0.717, 1.165) is 10.9 Å². The van der Waals surface area contributed by atoms with Crippen LogP contribution in [0.5, 0.6) is 11.5 Å². The van der Waals surface area contributed by atoms with Gasteiger partial charge in [0.15, 0.2) is 11.5 Å². The molecule has 0 aliphatic heterocycles. The van der Waals surface area contributed by atoms with Crippen molar-refractivity contribution in [3.63, 3.8) is 0 Å². The van der Waals surface area contributed by atoms with E-state index in [4.69, 9.17) is 4.74 Å². The molecule has 0 atom stereocenters. The summed E-state index contributed by atoms with van der Waals surface area (Å²) in [6, 6.07) is 5.81. The summed E-state index contributed by atoms with van der Waals surface area (Å²) < 4.78 is 5.24. The van der Waals surface area contributed by atoms with Crippen molar-refractivity contribution in [2.75, 3.05) is 7.11 Å². The Hall–Kier alpha value is -1.77. The van der Waals surface area contributed by atoms with Crippen molar-refractivity contribution in [2.24, 2.45) is 0 Å². The number of fused-ring (bicyclic) bond motifs is 1. The van der Waals surface area contributed by atoms with Crippen LogP contribution in [-0.4, -0.2) is 17.2 Å². The smallest absolute Gasteiger partial charge is 0.161 e. The van der Waals surface area contributed by atoms with Crippen LogP contribution in [0.4, 0.5) is 0 Å². The highest BCUT2D eigenvalue weighted by molar-refractivity contribution is 5.83. The fourth-order valence-corrected chi connectivity index (χ4v) is 3.79. The number of hydrogen-bond acceptors (Lipinski definition) is 3. The van der Waals surface area contributed by atoms with Crippen molar-refractivity contribution in [3.8, 4) is 11.5 Å². The number of pyridine rings is 1. The van der Waals surface area contributed by atoms with Crippen LogP contribution in [0, 0.1) is 0 Å². The van der Waals surface area contributed by atoms with Gasteiger partial charge in [0.05, 0.1) is 12.6 Å². The van der Waals surface area contributed by atoms with Gasteiger partial charge in [-0.1, -0.05) is 45.4 Å². The molecule has 0 radical (unpaired) electrons. The second kappa shape index (κ2) is 6.77. The van der Waals surface area contributed by atoms with Gasteiger partial charge in [-0.15, -0.1) is 0 Å². The number of methoxy groups -OCH3 is 1. The van der Waals surface area contributed by atoms with E-state index in [0.29, 0.717) is 5.75 Å². The van der Waals surface area contributed by atoms with Gasteiger partial charge in [0.1, 0.15) is 0 Å². The lowest BCUT2D eigenvalue weighted by Crippen LogP contribution is -2.22. The van der Waals surface area contributed by atoms with Crippen LogP contribution in [0.2, 0.25) is 0 Å². The minimum atomic E-state index is 0.147. The van der Waals surface area contributed by atoms with Gasteiger partial charge in [0, 0.05) is 17.6 Å². The summed E-state index contributed by atoms with van der Waals surface area (Å²) in [4.78, 5) is 4.60. The van der Waals surface area contributed by atoms with Crippen LogP contribution in [0.25, 0.3) is 10.9 Å². The number of rotatable bonds is 2. The van der Waals surface area contributed by atoms with Crippen molar-refractivity contribution >= 4 is 10.9 Å². The molecule has 3 rings (SSSR count). The molecule has 1 heterocycles. The molecule has 3 nitrogen and oxygen atoms in total. The lowest BCUT2D eigenvalue weighted by Gasteiger charge is -2.30. The molecular weight excluding hydrogens is 286 g/mol. The monoisotopic (exact) mass is 313 g/mol. The van der Waals surface area contributed by atoms with Gasteiger partial charge in [-0.05, 0) is 36.0 Å². The van der Waals surface area contributed by atoms with E-state index >= 15 is 0 Å². The van der Waals surface area contributed by atoms with Crippen molar-refractivity contribution in [3.05, 3.63) is 30.0 Å². The first kappa shape index (κ1) is 16.1. The summed E-state index contributed by atoms with van der Waals surface area (Å²) in [6.07, 6.45) is 12.5. The summed E-state index contributed by atoms with van der Waals surface area (Å²) in [7, 11) is 1.58. The van der Waals surface area contributed by atoms with Crippen LogP contribution in [0.3, 0.4) is 0 Å². The van der Waals surface area contributed by atoms with Gasteiger partial charge in [-0.3, -0.25) is 4.98 Å². The second-order valence-corrected chi connectivity index (χ2v) is 7.12. The Bertz CT molecular complexity index is 671. The SMILES string of the molecule is COc1cc2cc(C3(C)CCCCCCCC3)cnc2cc1O. The fourth-order valence-electron chi connectivity index (χ4n) is 3.79. The summed E-state index contributed by atoms with van der Waals surface area (Å²) in [6.45, 7) is 2.39. The zero-order valence-electron chi connectivity index (χ0n) is 14.3. The number of benzene rings is 1. The predicted octanol–water partition coefficient (Wildman–Crippen LogP) is 5.34. The standard InChI is InChI=1S/C20H27NO2/c1-20(9-7-5-3-4-6-8-10-20)16-11-15-12-19(23-2)18(22)13-17(15)21-14-16/h11-14,22H,3-10H2,1-2H3. The normalized spacial score (nSPS) is 18.9. The van der Waals surface area contributed by atoms with E-state index in [-0.39, 0.29) is 11.2 Å². The Kier molecular flexibility index (Phi) is 4.74. The third kappa shape index (κ3) is 3.44. The van der Waals surface area contributed by atoms with Gasteiger partial charge in [-0.25, -0.2) is 0 Å². The number of phenols is 1. The molecule has 3 heteroatoms. The molecule has 1 N–H and O–H groups in total. The van der Waals surface area contributed by atoms with E-state index in [1.807, 2.05) is 12.3 Å². The third-order valence-corrected chi connectivity index (χ3v) is 5.39. The Morgan fingerprint density at radius 3 is 2.30 bits per heavy atom. The maximum atomic E-state index is 9.91. The maximum absolute atomic E-state index is 9.91. The lowest BCUT2D eigenvalue weighted by atomic mass is 9.75. The molecule has 1 fully saturated rings. The molecule has 23 heavy (non-hydrogen) atoms. The molecule has 2 aromatic rings. The topological polar surface area (TPSA) is 42.4 Å². The Labute approximate surface area is 138 Å².